The van der Waals surface area contributed by atoms with Crippen molar-refractivity contribution < 1.29 is 14.3 Å². The van der Waals surface area contributed by atoms with Gasteiger partial charge in [0, 0.05) is 12.7 Å². The topological polar surface area (TPSA) is 65.4 Å². The molecule has 6 heteroatoms. The molecule has 0 aliphatic heterocycles. The van der Waals surface area contributed by atoms with Gasteiger partial charge in [0.25, 0.3) is 5.91 Å². The predicted molar refractivity (Wildman–Crippen MR) is 104 cm³/mol. The highest BCUT2D eigenvalue weighted by molar-refractivity contribution is 5.77. The third-order valence-corrected chi connectivity index (χ3v) is 4.07. The van der Waals surface area contributed by atoms with Gasteiger partial charge >= 0.3 is 0 Å². The Labute approximate surface area is 158 Å². The van der Waals surface area contributed by atoms with Crippen LogP contribution in [-0.4, -0.2) is 35.9 Å². The van der Waals surface area contributed by atoms with E-state index in [-0.39, 0.29) is 12.5 Å². The molecule has 1 N–H and O–H groups in total. The van der Waals surface area contributed by atoms with Crippen molar-refractivity contribution >= 4 is 5.91 Å². The summed E-state index contributed by atoms with van der Waals surface area (Å²) in [5, 5.41) is 7.21. The van der Waals surface area contributed by atoms with Crippen molar-refractivity contribution in [2.45, 2.75) is 13.3 Å². The third kappa shape index (κ3) is 5.10. The average molecular weight is 365 g/mol. The number of hydrogen-bond acceptors (Lipinski definition) is 4. The number of rotatable bonds is 8. The van der Waals surface area contributed by atoms with E-state index in [1.165, 1.54) is 0 Å². The summed E-state index contributed by atoms with van der Waals surface area (Å²) >= 11 is 0. The Kier molecular flexibility index (Phi) is 6.10. The summed E-state index contributed by atoms with van der Waals surface area (Å²) in [7, 11) is 1.58. The van der Waals surface area contributed by atoms with Crippen molar-refractivity contribution in [3.8, 4) is 17.2 Å². The molecule has 0 atom stereocenters. The molecule has 1 heterocycles. The van der Waals surface area contributed by atoms with Crippen molar-refractivity contribution in [2.75, 3.05) is 20.3 Å². The number of hydrogen-bond donors (Lipinski definition) is 1. The van der Waals surface area contributed by atoms with Gasteiger partial charge in [-0.3, -0.25) is 4.79 Å². The van der Waals surface area contributed by atoms with E-state index in [0.29, 0.717) is 24.5 Å². The van der Waals surface area contributed by atoms with Crippen LogP contribution in [-0.2, 0) is 11.2 Å². The fourth-order valence-electron chi connectivity index (χ4n) is 2.65. The molecule has 0 spiro atoms. The molecule has 140 valence electrons. The predicted octanol–water partition coefficient (Wildman–Crippen LogP) is 2.93. The van der Waals surface area contributed by atoms with Gasteiger partial charge in [0.2, 0.25) is 0 Å². The smallest absolute Gasteiger partial charge is 0.257 e. The Morgan fingerprint density at radius 3 is 2.74 bits per heavy atom. The van der Waals surface area contributed by atoms with Crippen LogP contribution in [0.25, 0.3) is 5.69 Å². The molecule has 0 aliphatic rings. The molecule has 0 fully saturated rings. The summed E-state index contributed by atoms with van der Waals surface area (Å²) in [5.41, 5.74) is 3.13. The maximum Gasteiger partial charge on any atom is 0.257 e. The zero-order valence-electron chi connectivity index (χ0n) is 15.5. The van der Waals surface area contributed by atoms with Gasteiger partial charge in [0.15, 0.2) is 18.1 Å². The Balaban J connectivity index is 1.44. The first-order chi connectivity index (χ1) is 13.2. The number of para-hydroxylation sites is 1. The van der Waals surface area contributed by atoms with Crippen molar-refractivity contribution in [1.82, 2.24) is 15.1 Å². The van der Waals surface area contributed by atoms with Crippen LogP contribution >= 0.6 is 0 Å². The van der Waals surface area contributed by atoms with Gasteiger partial charge < -0.3 is 14.8 Å². The van der Waals surface area contributed by atoms with Crippen LogP contribution in [0.2, 0.25) is 0 Å². The molecule has 3 rings (SSSR count). The van der Waals surface area contributed by atoms with Crippen molar-refractivity contribution in [3.63, 3.8) is 0 Å². The lowest BCUT2D eigenvalue weighted by Crippen LogP contribution is -2.30. The van der Waals surface area contributed by atoms with Crippen LogP contribution in [0.5, 0.6) is 11.5 Å². The molecular formula is C21H23N3O3. The Bertz CT molecular complexity index is 891. The lowest BCUT2D eigenvalue weighted by atomic mass is 10.2. The summed E-state index contributed by atoms with van der Waals surface area (Å²) in [6, 6.07) is 15.5. The van der Waals surface area contributed by atoms with Crippen LogP contribution in [0.4, 0.5) is 0 Å². The second kappa shape index (κ2) is 8.89. The Morgan fingerprint density at radius 1 is 1.15 bits per heavy atom. The number of carbonyl (C=O) groups is 1. The SMILES string of the molecule is COc1cc(C)ccc1OCC(=O)NCCc1cnn(-c2ccccc2)c1. The molecule has 1 amide bonds. The highest BCUT2D eigenvalue weighted by atomic mass is 16.5. The molecule has 0 unspecified atom stereocenters. The quantitative estimate of drug-likeness (QED) is 0.667. The average Bonchev–Trinajstić information content (AvgIpc) is 3.16. The highest BCUT2D eigenvalue weighted by Gasteiger charge is 2.08. The largest absolute Gasteiger partial charge is 0.493 e. The molecule has 0 radical (unpaired) electrons. The minimum atomic E-state index is -0.173. The number of nitrogens with zero attached hydrogens (tertiary/aromatic N) is 2. The van der Waals surface area contributed by atoms with Gasteiger partial charge in [-0.1, -0.05) is 24.3 Å². The molecule has 2 aromatic carbocycles. The van der Waals surface area contributed by atoms with Crippen molar-refractivity contribution in [3.05, 3.63) is 72.1 Å². The lowest BCUT2D eigenvalue weighted by molar-refractivity contribution is -0.123. The number of amides is 1. The zero-order chi connectivity index (χ0) is 19.1. The van der Waals surface area contributed by atoms with Crippen LogP contribution in [0.1, 0.15) is 11.1 Å². The van der Waals surface area contributed by atoms with Gasteiger partial charge in [0.1, 0.15) is 0 Å². The van der Waals surface area contributed by atoms with E-state index in [9.17, 15) is 4.79 Å². The standard InChI is InChI=1S/C21H23N3O3/c1-16-8-9-19(20(12-16)26-2)27-15-21(25)22-11-10-17-13-23-24(14-17)18-6-4-3-5-7-18/h3-9,12-14H,10-11,15H2,1-2H3,(H,22,25). The van der Waals surface area contributed by atoms with Gasteiger partial charge in [-0.15, -0.1) is 0 Å². The highest BCUT2D eigenvalue weighted by Crippen LogP contribution is 2.27. The second-order valence-electron chi connectivity index (χ2n) is 6.17. The van der Waals surface area contributed by atoms with E-state index >= 15 is 0 Å². The Morgan fingerprint density at radius 2 is 1.96 bits per heavy atom. The number of benzene rings is 2. The summed E-state index contributed by atoms with van der Waals surface area (Å²) in [4.78, 5) is 12.0. The second-order valence-corrected chi connectivity index (χ2v) is 6.17. The number of aryl methyl sites for hydroxylation is 1. The van der Waals surface area contributed by atoms with E-state index in [4.69, 9.17) is 9.47 Å². The molecular weight excluding hydrogens is 342 g/mol. The van der Waals surface area contributed by atoms with Gasteiger partial charge in [-0.25, -0.2) is 4.68 Å². The summed E-state index contributed by atoms with van der Waals surface area (Å²) in [5.74, 6) is 1.01. The lowest BCUT2D eigenvalue weighted by Gasteiger charge is -2.11. The fraction of sp³-hybridized carbons (Fsp3) is 0.238. The molecule has 6 nitrogen and oxygen atoms in total. The van der Waals surface area contributed by atoms with Gasteiger partial charge in [-0.05, 0) is 48.7 Å². The minimum absolute atomic E-state index is 0.0529. The zero-order valence-corrected chi connectivity index (χ0v) is 15.5. The minimum Gasteiger partial charge on any atom is -0.493 e. The van der Waals surface area contributed by atoms with E-state index in [0.717, 1.165) is 16.8 Å². The third-order valence-electron chi connectivity index (χ3n) is 4.07. The van der Waals surface area contributed by atoms with E-state index < -0.39 is 0 Å². The first-order valence-corrected chi connectivity index (χ1v) is 8.79. The first kappa shape index (κ1) is 18.5. The van der Waals surface area contributed by atoms with Crippen LogP contribution in [0.15, 0.2) is 60.9 Å². The van der Waals surface area contributed by atoms with E-state index in [1.807, 2.05) is 66.5 Å². The molecule has 0 saturated carbocycles. The number of ether oxygens (including phenoxy) is 2. The molecule has 0 aliphatic carbocycles. The maximum absolute atomic E-state index is 12.0. The number of aromatic nitrogens is 2. The number of carbonyl (C=O) groups excluding carboxylic acids is 1. The van der Waals surface area contributed by atoms with Crippen LogP contribution in [0, 0.1) is 6.92 Å². The first-order valence-electron chi connectivity index (χ1n) is 8.79. The Hall–Kier alpha value is -3.28. The van der Waals surface area contributed by atoms with E-state index in [1.54, 1.807) is 13.2 Å². The van der Waals surface area contributed by atoms with Crippen LogP contribution in [0.3, 0.4) is 0 Å². The maximum atomic E-state index is 12.0. The van der Waals surface area contributed by atoms with Crippen molar-refractivity contribution in [1.29, 1.82) is 0 Å². The van der Waals surface area contributed by atoms with Gasteiger partial charge in [0.05, 0.1) is 19.0 Å². The van der Waals surface area contributed by atoms with Gasteiger partial charge in [-0.2, -0.15) is 5.10 Å². The summed E-state index contributed by atoms with van der Waals surface area (Å²) < 4.78 is 12.6. The van der Waals surface area contributed by atoms with E-state index in [2.05, 4.69) is 10.4 Å². The monoisotopic (exact) mass is 365 g/mol. The fourth-order valence-corrected chi connectivity index (χ4v) is 2.65. The molecule has 0 saturated heterocycles. The molecule has 1 aromatic heterocycles. The summed E-state index contributed by atoms with van der Waals surface area (Å²) in [6.45, 7) is 2.44. The van der Waals surface area contributed by atoms with Crippen LogP contribution < -0.4 is 14.8 Å². The number of nitrogens with one attached hydrogen (secondary N) is 1. The molecule has 27 heavy (non-hydrogen) atoms. The van der Waals surface area contributed by atoms with Crippen molar-refractivity contribution in [2.24, 2.45) is 0 Å². The molecule has 0 bridgehead atoms. The molecule has 3 aromatic rings. The number of methoxy groups -OCH3 is 1. The normalized spacial score (nSPS) is 10.4. The summed E-state index contributed by atoms with van der Waals surface area (Å²) in [6.07, 6.45) is 4.48.